The van der Waals surface area contributed by atoms with Crippen molar-refractivity contribution in [2.75, 3.05) is 0 Å². The first-order valence-electron chi connectivity index (χ1n) is 8.97. The van der Waals surface area contributed by atoms with E-state index in [2.05, 4.69) is 20.3 Å². The highest BCUT2D eigenvalue weighted by molar-refractivity contribution is 7.93. The molecule has 0 bridgehead atoms. The van der Waals surface area contributed by atoms with E-state index in [-0.39, 0.29) is 26.9 Å². The third-order valence-electron chi connectivity index (χ3n) is 4.52. The smallest absolute Gasteiger partial charge is 0.404 e. The van der Waals surface area contributed by atoms with Gasteiger partial charge in [-0.2, -0.15) is 4.39 Å². The van der Waals surface area contributed by atoms with Crippen molar-refractivity contribution in [1.82, 2.24) is 20.3 Å². The SMILES string of the molecule is CC(C)(C)C(Cc1cc(-c2cccnc2F)c(S(=O)(=O)c2ncc[nH]2)s1)NC(=O)O. The molecular weight excluding hydrogens is 431 g/mol. The second-order valence-corrected chi connectivity index (χ2v) is 10.9. The van der Waals surface area contributed by atoms with Gasteiger partial charge in [-0.25, -0.2) is 23.2 Å². The van der Waals surface area contributed by atoms with Crippen LogP contribution in [0.2, 0.25) is 0 Å². The Labute approximate surface area is 177 Å². The van der Waals surface area contributed by atoms with E-state index in [1.54, 1.807) is 6.07 Å². The number of amides is 1. The number of imidazole rings is 1. The van der Waals surface area contributed by atoms with E-state index in [1.807, 2.05) is 20.8 Å². The van der Waals surface area contributed by atoms with Gasteiger partial charge in [0.1, 0.15) is 4.21 Å². The van der Waals surface area contributed by atoms with E-state index in [9.17, 15) is 22.7 Å². The molecule has 8 nitrogen and oxygen atoms in total. The number of nitrogens with one attached hydrogen (secondary N) is 2. The molecule has 3 rings (SSSR count). The minimum atomic E-state index is -4.04. The van der Waals surface area contributed by atoms with Crippen LogP contribution in [0.4, 0.5) is 9.18 Å². The lowest BCUT2D eigenvalue weighted by Crippen LogP contribution is -2.44. The predicted octanol–water partition coefficient (Wildman–Crippen LogP) is 3.73. The van der Waals surface area contributed by atoms with Crippen LogP contribution >= 0.6 is 11.3 Å². The molecule has 0 aromatic carbocycles. The number of aromatic nitrogens is 3. The van der Waals surface area contributed by atoms with E-state index < -0.39 is 33.3 Å². The third kappa shape index (κ3) is 4.51. The standard InChI is InChI=1S/C19H21FN4O4S2/c1-19(2,3)14(24-18(25)26)10-11-9-13(12-5-4-6-21-15(12)20)16(29-11)30(27,28)17-22-7-8-23-17/h4-9,14,24H,10H2,1-3H3,(H,22,23)(H,25,26). The van der Waals surface area contributed by atoms with Gasteiger partial charge in [-0.1, -0.05) is 20.8 Å². The molecule has 0 saturated carbocycles. The van der Waals surface area contributed by atoms with Gasteiger partial charge in [-0.3, -0.25) is 0 Å². The number of hydrogen-bond acceptors (Lipinski definition) is 6. The average Bonchev–Trinajstić information content (AvgIpc) is 3.31. The summed E-state index contributed by atoms with van der Waals surface area (Å²) in [6.45, 7) is 5.64. The van der Waals surface area contributed by atoms with Crippen LogP contribution in [0.3, 0.4) is 0 Å². The molecule has 3 heterocycles. The Morgan fingerprint density at radius 2 is 2.03 bits per heavy atom. The van der Waals surface area contributed by atoms with Crippen molar-refractivity contribution >= 4 is 27.3 Å². The largest absolute Gasteiger partial charge is 0.465 e. The van der Waals surface area contributed by atoms with Gasteiger partial charge in [0.05, 0.1) is 0 Å². The quantitative estimate of drug-likeness (QED) is 0.490. The van der Waals surface area contributed by atoms with Gasteiger partial charge in [0.2, 0.25) is 20.9 Å². The monoisotopic (exact) mass is 452 g/mol. The van der Waals surface area contributed by atoms with Crippen LogP contribution in [0.25, 0.3) is 11.1 Å². The normalized spacial score (nSPS) is 13.2. The number of nitrogens with zero attached hydrogens (tertiary/aromatic N) is 2. The van der Waals surface area contributed by atoms with Crippen molar-refractivity contribution in [3.05, 3.63) is 47.6 Å². The fourth-order valence-corrected chi connectivity index (χ4v) is 5.91. The van der Waals surface area contributed by atoms with Crippen LogP contribution in [-0.4, -0.2) is 40.6 Å². The lowest BCUT2D eigenvalue weighted by Gasteiger charge is -2.30. The van der Waals surface area contributed by atoms with Crippen LogP contribution < -0.4 is 5.32 Å². The van der Waals surface area contributed by atoms with E-state index >= 15 is 0 Å². The highest BCUT2D eigenvalue weighted by atomic mass is 32.2. The van der Waals surface area contributed by atoms with E-state index in [0.29, 0.717) is 4.88 Å². The highest BCUT2D eigenvalue weighted by Crippen LogP contribution is 2.39. The molecule has 160 valence electrons. The van der Waals surface area contributed by atoms with Crippen LogP contribution in [0, 0.1) is 11.4 Å². The molecule has 11 heteroatoms. The Kier molecular flexibility index (Phi) is 5.95. The minimum Gasteiger partial charge on any atom is -0.465 e. The minimum absolute atomic E-state index is 0.0450. The summed E-state index contributed by atoms with van der Waals surface area (Å²) < 4.78 is 40.6. The lowest BCUT2D eigenvalue weighted by atomic mass is 9.84. The molecule has 3 aromatic heterocycles. The van der Waals surface area contributed by atoms with E-state index in [0.717, 1.165) is 11.3 Å². The number of sulfone groups is 1. The van der Waals surface area contributed by atoms with Gasteiger partial charge in [0, 0.05) is 47.1 Å². The van der Waals surface area contributed by atoms with Crippen LogP contribution in [-0.2, 0) is 16.3 Å². The number of carbonyl (C=O) groups is 1. The summed E-state index contributed by atoms with van der Waals surface area (Å²) in [4.78, 5) is 21.8. The lowest BCUT2D eigenvalue weighted by molar-refractivity contribution is 0.174. The van der Waals surface area contributed by atoms with Gasteiger partial charge >= 0.3 is 6.09 Å². The summed E-state index contributed by atoms with van der Waals surface area (Å²) in [5.74, 6) is -0.797. The number of aromatic amines is 1. The summed E-state index contributed by atoms with van der Waals surface area (Å²) in [6.07, 6.45) is 3.05. The summed E-state index contributed by atoms with van der Waals surface area (Å²) >= 11 is 0.964. The van der Waals surface area contributed by atoms with Crippen molar-refractivity contribution in [3.63, 3.8) is 0 Å². The number of hydrogen-bond donors (Lipinski definition) is 3. The molecule has 0 aliphatic rings. The molecule has 0 spiro atoms. The van der Waals surface area contributed by atoms with Crippen molar-refractivity contribution in [1.29, 1.82) is 0 Å². The molecule has 0 aliphatic heterocycles. The summed E-state index contributed by atoms with van der Waals surface area (Å²) in [5, 5.41) is 11.4. The Morgan fingerprint density at radius 3 is 2.60 bits per heavy atom. The molecule has 3 N–H and O–H groups in total. The predicted molar refractivity (Wildman–Crippen MR) is 110 cm³/mol. The summed E-state index contributed by atoms with van der Waals surface area (Å²) in [5.41, 5.74) is -0.217. The molecule has 1 unspecified atom stereocenters. The zero-order valence-corrected chi connectivity index (χ0v) is 18.1. The number of halogens is 1. The number of H-pyrrole nitrogens is 1. The molecular formula is C19H21FN4O4S2. The highest BCUT2D eigenvalue weighted by Gasteiger charge is 2.32. The van der Waals surface area contributed by atoms with Gasteiger partial charge in [-0.05, 0) is 23.6 Å². The second-order valence-electron chi connectivity index (χ2n) is 7.73. The molecule has 0 saturated heterocycles. The first-order valence-corrected chi connectivity index (χ1v) is 11.3. The maximum Gasteiger partial charge on any atom is 0.404 e. The first-order chi connectivity index (χ1) is 14.0. The topological polar surface area (TPSA) is 125 Å². The van der Waals surface area contributed by atoms with Gasteiger partial charge in [0.15, 0.2) is 0 Å². The molecule has 1 atom stereocenters. The molecule has 0 radical (unpaired) electrons. The Bertz CT molecular complexity index is 1150. The van der Waals surface area contributed by atoms with Gasteiger partial charge in [-0.15, -0.1) is 11.3 Å². The van der Waals surface area contributed by atoms with Gasteiger partial charge < -0.3 is 15.4 Å². The van der Waals surface area contributed by atoms with Crippen LogP contribution in [0.15, 0.2) is 46.2 Å². The van der Waals surface area contributed by atoms with E-state index in [4.69, 9.17) is 0 Å². The molecule has 1 amide bonds. The fourth-order valence-electron chi connectivity index (χ4n) is 2.91. The Balaban J connectivity index is 2.14. The number of pyridine rings is 1. The van der Waals surface area contributed by atoms with Crippen molar-refractivity contribution < 1.29 is 22.7 Å². The van der Waals surface area contributed by atoms with Crippen molar-refractivity contribution in [3.8, 4) is 11.1 Å². The van der Waals surface area contributed by atoms with Crippen LogP contribution in [0.5, 0.6) is 0 Å². The molecule has 0 aliphatic carbocycles. The fraction of sp³-hybridized carbons (Fsp3) is 0.316. The Hall–Kier alpha value is -2.79. The van der Waals surface area contributed by atoms with Crippen molar-refractivity contribution in [2.24, 2.45) is 5.41 Å². The summed E-state index contributed by atoms with van der Waals surface area (Å²) in [7, 11) is -4.04. The maximum atomic E-state index is 14.4. The second kappa shape index (κ2) is 8.15. The number of thiophene rings is 1. The van der Waals surface area contributed by atoms with Crippen LogP contribution in [0.1, 0.15) is 25.6 Å². The maximum absolute atomic E-state index is 14.4. The number of carboxylic acid groups (broad SMARTS) is 1. The zero-order chi connectivity index (χ0) is 22.1. The third-order valence-corrected chi connectivity index (χ3v) is 7.82. The summed E-state index contributed by atoms with van der Waals surface area (Å²) in [6, 6.07) is 4.05. The van der Waals surface area contributed by atoms with Crippen molar-refractivity contribution in [2.45, 2.75) is 42.6 Å². The number of rotatable bonds is 6. The zero-order valence-electron chi connectivity index (χ0n) is 16.5. The van der Waals surface area contributed by atoms with E-state index in [1.165, 1.54) is 30.7 Å². The average molecular weight is 453 g/mol. The molecule has 30 heavy (non-hydrogen) atoms. The Morgan fingerprint density at radius 1 is 1.30 bits per heavy atom. The first kappa shape index (κ1) is 21.9. The van der Waals surface area contributed by atoms with Gasteiger partial charge in [0.25, 0.3) is 0 Å². The molecule has 3 aromatic rings. The molecule has 0 fully saturated rings.